The topological polar surface area (TPSA) is 55.6 Å². The predicted octanol–water partition coefficient (Wildman–Crippen LogP) is 3.45. The van der Waals surface area contributed by atoms with E-state index in [4.69, 9.17) is 9.15 Å². The van der Waals surface area contributed by atoms with Crippen LogP contribution in [0.15, 0.2) is 46.9 Å². The van der Waals surface area contributed by atoms with E-state index in [0.29, 0.717) is 19.0 Å². The molecule has 0 aliphatic carbocycles. The maximum absolute atomic E-state index is 12.6. The number of hydrogen-bond acceptors (Lipinski definition) is 4. The fraction of sp³-hybridized carbons (Fsp3) is 0.263. The summed E-state index contributed by atoms with van der Waals surface area (Å²) in [5.74, 6) is 2.08. The minimum absolute atomic E-state index is 0.0638. The largest absolute Gasteiger partial charge is 0.464 e. The third-order valence-corrected chi connectivity index (χ3v) is 4.21. The third kappa shape index (κ3) is 2.62. The fourth-order valence-electron chi connectivity index (χ4n) is 3.01. The minimum atomic E-state index is -0.573. The molecule has 0 saturated carbocycles. The average molecular weight is 322 g/mol. The zero-order valence-corrected chi connectivity index (χ0v) is 13.7. The van der Waals surface area contributed by atoms with Crippen LogP contribution in [0.5, 0.6) is 5.88 Å². The van der Waals surface area contributed by atoms with Gasteiger partial charge in [-0.1, -0.05) is 18.2 Å². The van der Waals surface area contributed by atoms with Gasteiger partial charge in [0, 0.05) is 10.9 Å². The monoisotopic (exact) mass is 322 g/mol. The Morgan fingerprint density at radius 2 is 2.08 bits per heavy atom. The maximum atomic E-state index is 12.6. The van der Waals surface area contributed by atoms with Crippen molar-refractivity contribution in [2.45, 2.75) is 33.0 Å². The van der Waals surface area contributed by atoms with Crippen molar-refractivity contribution in [2.24, 2.45) is 0 Å². The number of fused-ring (bicyclic) bond motifs is 2. The molecule has 0 spiro atoms. The van der Waals surface area contributed by atoms with Crippen LogP contribution in [0.25, 0.3) is 10.9 Å². The number of rotatable bonds is 2. The van der Waals surface area contributed by atoms with Gasteiger partial charge in [-0.3, -0.25) is 4.79 Å². The van der Waals surface area contributed by atoms with Crippen molar-refractivity contribution in [2.75, 3.05) is 0 Å². The second kappa shape index (κ2) is 5.67. The van der Waals surface area contributed by atoms with Crippen LogP contribution in [0, 0.1) is 6.92 Å². The first-order valence-electron chi connectivity index (χ1n) is 7.99. The summed E-state index contributed by atoms with van der Waals surface area (Å²) in [6, 6.07) is 13.7. The Morgan fingerprint density at radius 1 is 1.25 bits per heavy atom. The number of hydrogen-bond donors (Lipinski definition) is 0. The van der Waals surface area contributed by atoms with Crippen molar-refractivity contribution >= 4 is 16.8 Å². The molecule has 1 aromatic carbocycles. The Hall–Kier alpha value is -2.82. The van der Waals surface area contributed by atoms with E-state index in [1.54, 1.807) is 11.8 Å². The molecule has 122 valence electrons. The van der Waals surface area contributed by atoms with Crippen LogP contribution in [-0.4, -0.2) is 21.9 Å². The van der Waals surface area contributed by atoms with Crippen molar-refractivity contribution in [3.8, 4) is 5.88 Å². The van der Waals surface area contributed by atoms with E-state index in [0.717, 1.165) is 28.0 Å². The summed E-state index contributed by atoms with van der Waals surface area (Å²) in [4.78, 5) is 19.0. The molecule has 2 aromatic heterocycles. The van der Waals surface area contributed by atoms with Gasteiger partial charge in [0.15, 0.2) is 6.10 Å². The van der Waals surface area contributed by atoms with Crippen molar-refractivity contribution < 1.29 is 13.9 Å². The summed E-state index contributed by atoms with van der Waals surface area (Å²) in [5.41, 5.74) is 1.78. The standard InChI is InChI=1S/C19H18N2O3/c1-12-7-8-16(23-12)11-21-10-15-9-14-5-3-4-6-17(14)20-18(15)24-13(2)19(21)22/h3-9,13H,10-11H2,1-2H3. The van der Waals surface area contributed by atoms with Crippen molar-refractivity contribution in [3.63, 3.8) is 0 Å². The van der Waals surface area contributed by atoms with Crippen molar-refractivity contribution in [3.05, 3.63) is 59.5 Å². The zero-order chi connectivity index (χ0) is 16.7. The number of furan rings is 1. The van der Waals surface area contributed by atoms with Crippen molar-refractivity contribution in [1.29, 1.82) is 0 Å². The van der Waals surface area contributed by atoms with Crippen LogP contribution < -0.4 is 4.74 Å². The van der Waals surface area contributed by atoms with Crippen LogP contribution >= 0.6 is 0 Å². The lowest BCUT2D eigenvalue weighted by molar-refractivity contribution is -0.138. The van der Waals surface area contributed by atoms with Gasteiger partial charge in [0.05, 0.1) is 18.6 Å². The molecule has 3 heterocycles. The molecule has 5 heteroatoms. The van der Waals surface area contributed by atoms with E-state index in [9.17, 15) is 4.79 Å². The van der Waals surface area contributed by atoms with Crippen LogP contribution in [0.4, 0.5) is 0 Å². The molecule has 24 heavy (non-hydrogen) atoms. The third-order valence-electron chi connectivity index (χ3n) is 4.21. The highest BCUT2D eigenvalue weighted by Crippen LogP contribution is 2.28. The molecule has 5 nitrogen and oxygen atoms in total. The average Bonchev–Trinajstić information content (AvgIpc) is 2.94. The zero-order valence-electron chi connectivity index (χ0n) is 13.7. The molecule has 0 saturated heterocycles. The van der Waals surface area contributed by atoms with E-state index in [2.05, 4.69) is 4.98 Å². The second-order valence-corrected chi connectivity index (χ2v) is 6.11. The number of aryl methyl sites for hydroxylation is 1. The van der Waals surface area contributed by atoms with E-state index in [-0.39, 0.29) is 5.91 Å². The quantitative estimate of drug-likeness (QED) is 0.725. The lowest BCUT2D eigenvalue weighted by atomic mass is 10.1. The van der Waals surface area contributed by atoms with Crippen LogP contribution in [-0.2, 0) is 17.9 Å². The van der Waals surface area contributed by atoms with Gasteiger partial charge in [0.2, 0.25) is 5.88 Å². The lowest BCUT2D eigenvalue weighted by Gasteiger charge is -2.20. The van der Waals surface area contributed by atoms with E-state index in [1.165, 1.54) is 0 Å². The number of benzene rings is 1. The first-order valence-corrected chi connectivity index (χ1v) is 7.99. The number of para-hydroxylation sites is 1. The summed E-state index contributed by atoms with van der Waals surface area (Å²) in [7, 11) is 0. The van der Waals surface area contributed by atoms with E-state index < -0.39 is 6.10 Å². The Labute approximate surface area is 139 Å². The van der Waals surface area contributed by atoms with Crippen LogP contribution in [0.2, 0.25) is 0 Å². The van der Waals surface area contributed by atoms with Gasteiger partial charge < -0.3 is 14.1 Å². The Bertz CT molecular complexity index is 916. The molecule has 1 amide bonds. The summed E-state index contributed by atoms with van der Waals surface area (Å²) in [6.07, 6.45) is -0.573. The molecular formula is C19H18N2O3. The summed E-state index contributed by atoms with van der Waals surface area (Å²) in [6.45, 7) is 4.53. The molecule has 0 fully saturated rings. The molecule has 1 unspecified atom stereocenters. The Kier molecular flexibility index (Phi) is 3.49. The summed E-state index contributed by atoms with van der Waals surface area (Å²) in [5, 5.41) is 1.04. The molecule has 0 bridgehead atoms. The highest BCUT2D eigenvalue weighted by Gasteiger charge is 2.29. The molecule has 0 radical (unpaired) electrons. The highest BCUT2D eigenvalue weighted by molar-refractivity contribution is 5.83. The molecular weight excluding hydrogens is 304 g/mol. The highest BCUT2D eigenvalue weighted by atomic mass is 16.5. The molecule has 0 N–H and O–H groups in total. The minimum Gasteiger partial charge on any atom is -0.464 e. The first-order chi connectivity index (χ1) is 11.6. The van der Waals surface area contributed by atoms with Crippen LogP contribution in [0.3, 0.4) is 0 Å². The van der Waals surface area contributed by atoms with Gasteiger partial charge in [0.25, 0.3) is 5.91 Å². The Morgan fingerprint density at radius 3 is 2.88 bits per heavy atom. The fourth-order valence-corrected chi connectivity index (χ4v) is 3.01. The molecule has 1 aliphatic rings. The molecule has 4 rings (SSSR count). The predicted molar refractivity (Wildman–Crippen MR) is 89.5 cm³/mol. The lowest BCUT2D eigenvalue weighted by Crippen LogP contribution is -2.37. The van der Waals surface area contributed by atoms with Gasteiger partial charge in [-0.25, -0.2) is 4.98 Å². The maximum Gasteiger partial charge on any atom is 0.264 e. The first kappa shape index (κ1) is 14.8. The number of nitrogens with zero attached hydrogens (tertiary/aromatic N) is 2. The van der Waals surface area contributed by atoms with Crippen molar-refractivity contribution in [1.82, 2.24) is 9.88 Å². The summed E-state index contributed by atoms with van der Waals surface area (Å²) >= 11 is 0. The number of ether oxygens (including phenoxy) is 1. The smallest absolute Gasteiger partial charge is 0.264 e. The van der Waals surface area contributed by atoms with Crippen LogP contribution in [0.1, 0.15) is 24.0 Å². The normalized spacial score (nSPS) is 17.5. The van der Waals surface area contributed by atoms with Gasteiger partial charge in [-0.05, 0) is 38.1 Å². The number of carbonyl (C=O) groups excluding carboxylic acids is 1. The summed E-state index contributed by atoms with van der Waals surface area (Å²) < 4.78 is 11.4. The number of amides is 1. The van der Waals surface area contributed by atoms with Gasteiger partial charge in [0.1, 0.15) is 11.5 Å². The second-order valence-electron chi connectivity index (χ2n) is 6.11. The Balaban J connectivity index is 1.72. The molecule has 1 atom stereocenters. The van der Waals surface area contributed by atoms with Gasteiger partial charge >= 0.3 is 0 Å². The number of aromatic nitrogens is 1. The van der Waals surface area contributed by atoms with E-state index >= 15 is 0 Å². The molecule has 3 aromatic rings. The molecule has 1 aliphatic heterocycles. The van der Waals surface area contributed by atoms with Gasteiger partial charge in [-0.2, -0.15) is 0 Å². The van der Waals surface area contributed by atoms with E-state index in [1.807, 2.05) is 49.4 Å². The number of carbonyl (C=O) groups is 1. The SMILES string of the molecule is Cc1ccc(CN2Cc3cc4ccccc4nc3OC(C)C2=O)o1. The van der Waals surface area contributed by atoms with Gasteiger partial charge in [-0.15, -0.1) is 0 Å². The number of pyridine rings is 1.